The summed E-state index contributed by atoms with van der Waals surface area (Å²) in [5.74, 6) is 0.661. The molecule has 122 valence electrons. The van der Waals surface area contributed by atoms with Gasteiger partial charge < -0.3 is 14.6 Å². The Bertz CT molecular complexity index is 854. The molecule has 2 heterocycles. The maximum atomic E-state index is 12.8. The van der Waals surface area contributed by atoms with Gasteiger partial charge in [0.15, 0.2) is 5.78 Å². The first-order valence-electron chi connectivity index (χ1n) is 8.32. The van der Waals surface area contributed by atoms with Crippen molar-refractivity contribution in [1.82, 2.24) is 9.88 Å². The number of ketones is 1. The van der Waals surface area contributed by atoms with Crippen molar-refractivity contribution in [1.29, 1.82) is 0 Å². The van der Waals surface area contributed by atoms with E-state index in [4.69, 9.17) is 4.74 Å². The van der Waals surface area contributed by atoms with Crippen LogP contribution in [0.3, 0.4) is 0 Å². The first-order chi connectivity index (χ1) is 11.8. The Morgan fingerprint density at radius 1 is 1.12 bits per heavy atom. The number of nitrogens with one attached hydrogen (secondary N) is 1. The van der Waals surface area contributed by atoms with Gasteiger partial charge in [0.1, 0.15) is 12.4 Å². The Balaban J connectivity index is 1.60. The standard InChI is InChI=1S/C20H20N2O2/c23-20(14-24-16-7-2-1-3-8-16)17-13-21-10-11-22-18-9-5-4-6-15(18)12-19(17)22/h1-9,12,17,21H,10-11,13-14H2. The summed E-state index contributed by atoms with van der Waals surface area (Å²) < 4.78 is 7.93. The number of hydrogen-bond donors (Lipinski definition) is 1. The third kappa shape index (κ3) is 2.81. The lowest BCUT2D eigenvalue weighted by Gasteiger charge is -2.15. The summed E-state index contributed by atoms with van der Waals surface area (Å²) in [6.07, 6.45) is 0. The number of hydrogen-bond acceptors (Lipinski definition) is 3. The second-order valence-electron chi connectivity index (χ2n) is 6.10. The molecule has 0 amide bonds. The van der Waals surface area contributed by atoms with E-state index < -0.39 is 0 Å². The van der Waals surface area contributed by atoms with E-state index in [1.54, 1.807) is 0 Å². The quantitative estimate of drug-likeness (QED) is 0.804. The van der Waals surface area contributed by atoms with Gasteiger partial charge in [0.2, 0.25) is 0 Å². The molecule has 2 aromatic carbocycles. The molecule has 0 bridgehead atoms. The predicted molar refractivity (Wildman–Crippen MR) is 94.5 cm³/mol. The van der Waals surface area contributed by atoms with E-state index in [2.05, 4.69) is 28.1 Å². The molecule has 1 aromatic heterocycles. The number of fused-ring (bicyclic) bond motifs is 3. The number of benzene rings is 2. The zero-order chi connectivity index (χ0) is 16.4. The molecule has 4 rings (SSSR count). The van der Waals surface area contributed by atoms with Crippen molar-refractivity contribution in [3.63, 3.8) is 0 Å². The van der Waals surface area contributed by atoms with Gasteiger partial charge in [-0.15, -0.1) is 0 Å². The Labute approximate surface area is 141 Å². The number of para-hydroxylation sites is 2. The maximum absolute atomic E-state index is 12.8. The summed E-state index contributed by atoms with van der Waals surface area (Å²) in [4.78, 5) is 12.8. The lowest BCUT2D eigenvalue weighted by Crippen LogP contribution is -2.28. The van der Waals surface area contributed by atoms with Crippen molar-refractivity contribution in [2.75, 3.05) is 19.7 Å². The molecule has 1 aliphatic heterocycles. The third-order valence-corrected chi connectivity index (χ3v) is 4.57. The fourth-order valence-corrected chi connectivity index (χ4v) is 3.36. The summed E-state index contributed by atoms with van der Waals surface area (Å²) in [7, 11) is 0. The zero-order valence-electron chi connectivity index (χ0n) is 13.4. The van der Waals surface area contributed by atoms with Gasteiger partial charge in [-0.05, 0) is 29.7 Å². The second kappa shape index (κ2) is 6.49. The molecule has 1 aliphatic rings. The molecule has 4 nitrogen and oxygen atoms in total. The van der Waals surface area contributed by atoms with Crippen LogP contribution in [0.2, 0.25) is 0 Å². The third-order valence-electron chi connectivity index (χ3n) is 4.57. The molecular formula is C20H20N2O2. The Morgan fingerprint density at radius 2 is 1.92 bits per heavy atom. The predicted octanol–water partition coefficient (Wildman–Crippen LogP) is 2.98. The number of ether oxygens (including phenoxy) is 1. The molecule has 1 atom stereocenters. The van der Waals surface area contributed by atoms with E-state index >= 15 is 0 Å². The fourth-order valence-electron chi connectivity index (χ4n) is 3.36. The van der Waals surface area contributed by atoms with Gasteiger partial charge in [-0.1, -0.05) is 36.4 Å². The maximum Gasteiger partial charge on any atom is 0.180 e. The summed E-state index contributed by atoms with van der Waals surface area (Å²) in [5.41, 5.74) is 2.28. The Hall–Kier alpha value is -2.59. The minimum Gasteiger partial charge on any atom is -0.486 e. The summed E-state index contributed by atoms with van der Waals surface area (Å²) >= 11 is 0. The molecule has 0 radical (unpaired) electrons. The van der Waals surface area contributed by atoms with Crippen LogP contribution in [0, 0.1) is 0 Å². The van der Waals surface area contributed by atoms with Crippen LogP contribution in [0.15, 0.2) is 60.7 Å². The first-order valence-corrected chi connectivity index (χ1v) is 8.32. The van der Waals surface area contributed by atoms with E-state index in [0.717, 1.165) is 24.5 Å². The van der Waals surface area contributed by atoms with Gasteiger partial charge in [-0.3, -0.25) is 4.79 Å². The Kier molecular flexibility index (Phi) is 4.05. The largest absolute Gasteiger partial charge is 0.486 e. The van der Waals surface area contributed by atoms with Crippen LogP contribution in [0.25, 0.3) is 10.9 Å². The van der Waals surface area contributed by atoms with Crippen molar-refractivity contribution < 1.29 is 9.53 Å². The number of nitrogens with zero attached hydrogens (tertiary/aromatic N) is 1. The van der Waals surface area contributed by atoms with Crippen LogP contribution in [0.4, 0.5) is 0 Å². The molecule has 0 saturated heterocycles. The molecular weight excluding hydrogens is 300 g/mol. The smallest absolute Gasteiger partial charge is 0.180 e. The molecule has 24 heavy (non-hydrogen) atoms. The average Bonchev–Trinajstić information content (AvgIpc) is 2.86. The van der Waals surface area contributed by atoms with E-state index in [-0.39, 0.29) is 18.3 Å². The van der Waals surface area contributed by atoms with Crippen molar-refractivity contribution in [2.24, 2.45) is 0 Å². The van der Waals surface area contributed by atoms with Crippen LogP contribution in [0.5, 0.6) is 5.75 Å². The highest BCUT2D eigenvalue weighted by atomic mass is 16.5. The molecule has 1 unspecified atom stereocenters. The summed E-state index contributed by atoms with van der Waals surface area (Å²) in [6.45, 7) is 2.51. The molecule has 0 aliphatic carbocycles. The molecule has 0 fully saturated rings. The fraction of sp³-hybridized carbons (Fsp3) is 0.250. The highest BCUT2D eigenvalue weighted by molar-refractivity contribution is 5.90. The van der Waals surface area contributed by atoms with Crippen molar-refractivity contribution >= 4 is 16.7 Å². The molecule has 0 saturated carbocycles. The van der Waals surface area contributed by atoms with Crippen LogP contribution in [-0.2, 0) is 11.3 Å². The topological polar surface area (TPSA) is 43.3 Å². The van der Waals surface area contributed by atoms with Crippen molar-refractivity contribution in [2.45, 2.75) is 12.5 Å². The van der Waals surface area contributed by atoms with Crippen LogP contribution in [-0.4, -0.2) is 30.0 Å². The van der Waals surface area contributed by atoms with Gasteiger partial charge in [-0.2, -0.15) is 0 Å². The minimum atomic E-state index is -0.177. The molecule has 3 aromatic rings. The highest BCUT2D eigenvalue weighted by Crippen LogP contribution is 2.27. The van der Waals surface area contributed by atoms with Crippen molar-refractivity contribution in [3.8, 4) is 5.75 Å². The lowest BCUT2D eigenvalue weighted by molar-refractivity contribution is -0.122. The summed E-state index contributed by atoms with van der Waals surface area (Å²) in [6, 6.07) is 19.9. The highest BCUT2D eigenvalue weighted by Gasteiger charge is 2.27. The number of Topliss-reactive ketones (excluding diaryl/α,β-unsaturated/α-hetero) is 1. The molecule has 0 spiro atoms. The zero-order valence-corrected chi connectivity index (χ0v) is 13.4. The molecule has 4 heteroatoms. The van der Waals surface area contributed by atoms with Gasteiger partial charge >= 0.3 is 0 Å². The van der Waals surface area contributed by atoms with Gasteiger partial charge in [0.25, 0.3) is 0 Å². The molecule has 1 N–H and O–H groups in total. The first kappa shape index (κ1) is 15.0. The monoisotopic (exact) mass is 320 g/mol. The minimum absolute atomic E-state index is 0.0951. The number of aromatic nitrogens is 1. The van der Waals surface area contributed by atoms with Crippen LogP contribution < -0.4 is 10.1 Å². The number of carbonyl (C=O) groups excluding carboxylic acids is 1. The van der Waals surface area contributed by atoms with E-state index in [9.17, 15) is 4.79 Å². The van der Waals surface area contributed by atoms with Gasteiger partial charge in [0, 0.05) is 30.8 Å². The van der Waals surface area contributed by atoms with Gasteiger partial charge in [0.05, 0.1) is 5.92 Å². The van der Waals surface area contributed by atoms with E-state index in [0.29, 0.717) is 6.54 Å². The summed E-state index contributed by atoms with van der Waals surface area (Å²) in [5, 5.41) is 4.57. The van der Waals surface area contributed by atoms with Crippen molar-refractivity contribution in [3.05, 3.63) is 66.4 Å². The SMILES string of the molecule is O=C(COc1ccccc1)C1CNCCn2c1cc1ccccc12. The Morgan fingerprint density at radius 3 is 2.79 bits per heavy atom. The van der Waals surface area contributed by atoms with E-state index in [1.165, 1.54) is 10.9 Å². The van der Waals surface area contributed by atoms with Crippen LogP contribution >= 0.6 is 0 Å². The number of rotatable bonds is 4. The normalized spacial score (nSPS) is 17.2. The van der Waals surface area contributed by atoms with E-state index in [1.807, 2.05) is 42.5 Å². The lowest BCUT2D eigenvalue weighted by atomic mass is 10.0. The number of carbonyl (C=O) groups is 1. The average molecular weight is 320 g/mol. The second-order valence-corrected chi connectivity index (χ2v) is 6.10. The van der Waals surface area contributed by atoms with Gasteiger partial charge in [-0.25, -0.2) is 0 Å². The van der Waals surface area contributed by atoms with Crippen LogP contribution in [0.1, 0.15) is 11.6 Å².